The average Bonchev–Trinajstić information content (AvgIpc) is 2.26. The molecule has 0 atom stereocenters. The topological polar surface area (TPSA) is 35.5 Å². The van der Waals surface area contributed by atoms with Crippen LogP contribution in [0.4, 0.5) is 0 Å². The zero-order valence-electron chi connectivity index (χ0n) is 7.83. The number of carbonyl (C=O) groups is 1. The number of hydrogen-bond acceptors (Lipinski definition) is 3. The first-order valence-corrected chi connectivity index (χ1v) is 5.23. The molecule has 0 N–H and O–H groups in total. The molecule has 0 fully saturated rings. The van der Waals surface area contributed by atoms with E-state index in [1.165, 1.54) is 7.11 Å². The predicted octanol–water partition coefficient (Wildman–Crippen LogP) is 2.13. The lowest BCUT2D eigenvalue weighted by Crippen LogP contribution is -2.12. The third kappa shape index (κ3) is 3.38. The van der Waals surface area contributed by atoms with Crippen molar-refractivity contribution in [3.63, 3.8) is 0 Å². The lowest BCUT2D eigenvalue weighted by Gasteiger charge is -2.05. The molecule has 0 radical (unpaired) electrons. The fourth-order valence-electron chi connectivity index (χ4n) is 0.920. The number of carbonyl (C=O) groups excluding carboxylic acids is 1. The Bertz CT molecular complexity index is 312. The highest BCUT2D eigenvalue weighted by Gasteiger charge is 2.01. The summed E-state index contributed by atoms with van der Waals surface area (Å²) in [5.41, 5.74) is 1.10. The molecule has 0 heterocycles. The molecule has 1 aromatic rings. The lowest BCUT2D eigenvalue weighted by molar-refractivity contribution is -0.142. The molecule has 0 saturated carbocycles. The lowest BCUT2D eigenvalue weighted by atomic mass is 10.2. The molecule has 1 aromatic carbocycles. The Morgan fingerprint density at radius 3 is 2.93 bits per heavy atom. The number of hydrogen-bond donors (Lipinski definition) is 0. The Hall–Kier alpha value is -1.03. The van der Waals surface area contributed by atoms with Crippen LogP contribution in [0.3, 0.4) is 0 Å². The molecule has 0 amide bonds. The van der Waals surface area contributed by atoms with Crippen LogP contribution in [0.1, 0.15) is 5.56 Å². The maximum atomic E-state index is 10.8. The molecule has 0 aromatic heterocycles. The smallest absolute Gasteiger partial charge is 0.343 e. The predicted molar refractivity (Wildman–Crippen MR) is 56.6 cm³/mol. The van der Waals surface area contributed by atoms with Crippen molar-refractivity contribution < 1.29 is 14.3 Å². The standard InChI is InChI=1S/C10H11BrO3/c1-13-10(12)7-14-9-4-2-3-8(5-9)6-11/h2-5H,6-7H2,1H3. The van der Waals surface area contributed by atoms with Gasteiger partial charge in [0.1, 0.15) is 5.75 Å². The van der Waals surface area contributed by atoms with Crippen molar-refractivity contribution in [3.8, 4) is 5.75 Å². The summed E-state index contributed by atoms with van der Waals surface area (Å²) in [6.45, 7) is -0.0533. The monoisotopic (exact) mass is 258 g/mol. The van der Waals surface area contributed by atoms with E-state index in [0.29, 0.717) is 5.75 Å². The van der Waals surface area contributed by atoms with Crippen molar-refractivity contribution in [2.24, 2.45) is 0 Å². The number of halogens is 1. The summed E-state index contributed by atoms with van der Waals surface area (Å²) in [6.07, 6.45) is 0. The SMILES string of the molecule is COC(=O)COc1cccc(CBr)c1. The highest BCUT2D eigenvalue weighted by atomic mass is 79.9. The molecule has 0 unspecified atom stereocenters. The summed E-state index contributed by atoms with van der Waals surface area (Å²) in [6, 6.07) is 7.52. The molecule has 0 spiro atoms. The largest absolute Gasteiger partial charge is 0.482 e. The third-order valence-corrected chi connectivity index (χ3v) is 2.28. The van der Waals surface area contributed by atoms with Gasteiger partial charge in [-0.05, 0) is 17.7 Å². The molecule has 1 rings (SSSR count). The normalized spacial score (nSPS) is 9.57. The van der Waals surface area contributed by atoms with E-state index in [1.807, 2.05) is 18.2 Å². The average molecular weight is 259 g/mol. The van der Waals surface area contributed by atoms with Gasteiger partial charge in [0, 0.05) is 5.33 Å². The highest BCUT2D eigenvalue weighted by molar-refractivity contribution is 9.08. The molecular weight excluding hydrogens is 248 g/mol. The van der Waals surface area contributed by atoms with Crippen LogP contribution in [0.5, 0.6) is 5.75 Å². The van der Waals surface area contributed by atoms with E-state index in [4.69, 9.17) is 4.74 Å². The Morgan fingerprint density at radius 2 is 2.29 bits per heavy atom. The van der Waals surface area contributed by atoms with Crippen LogP contribution in [-0.2, 0) is 14.9 Å². The molecule has 14 heavy (non-hydrogen) atoms. The summed E-state index contributed by atoms with van der Waals surface area (Å²) in [5, 5.41) is 0.766. The second kappa shape index (κ2) is 5.65. The van der Waals surface area contributed by atoms with E-state index >= 15 is 0 Å². The highest BCUT2D eigenvalue weighted by Crippen LogP contribution is 2.15. The molecule has 3 nitrogen and oxygen atoms in total. The van der Waals surface area contributed by atoms with Crippen LogP contribution in [0.15, 0.2) is 24.3 Å². The number of methoxy groups -OCH3 is 1. The third-order valence-electron chi connectivity index (χ3n) is 1.64. The van der Waals surface area contributed by atoms with Gasteiger partial charge in [-0.1, -0.05) is 28.1 Å². The Balaban J connectivity index is 2.54. The number of esters is 1. The van der Waals surface area contributed by atoms with Gasteiger partial charge in [-0.3, -0.25) is 0 Å². The first-order valence-electron chi connectivity index (χ1n) is 4.11. The van der Waals surface area contributed by atoms with Crippen LogP contribution in [-0.4, -0.2) is 19.7 Å². The van der Waals surface area contributed by atoms with E-state index < -0.39 is 0 Å². The molecular formula is C10H11BrO3. The van der Waals surface area contributed by atoms with Crippen molar-refractivity contribution in [2.45, 2.75) is 5.33 Å². The van der Waals surface area contributed by atoms with E-state index in [2.05, 4.69) is 20.7 Å². The summed E-state index contributed by atoms with van der Waals surface area (Å²) in [7, 11) is 1.33. The summed E-state index contributed by atoms with van der Waals surface area (Å²) in [5.74, 6) is 0.293. The number of ether oxygens (including phenoxy) is 2. The van der Waals surface area contributed by atoms with Crippen LogP contribution in [0, 0.1) is 0 Å². The zero-order chi connectivity index (χ0) is 10.4. The van der Waals surface area contributed by atoms with Gasteiger partial charge in [-0.2, -0.15) is 0 Å². The number of benzene rings is 1. The zero-order valence-corrected chi connectivity index (χ0v) is 9.41. The summed E-state index contributed by atoms with van der Waals surface area (Å²) < 4.78 is 9.66. The summed E-state index contributed by atoms with van der Waals surface area (Å²) >= 11 is 3.34. The maximum absolute atomic E-state index is 10.8. The number of rotatable bonds is 4. The molecule has 76 valence electrons. The van der Waals surface area contributed by atoms with Crippen LogP contribution in [0.25, 0.3) is 0 Å². The van der Waals surface area contributed by atoms with Gasteiger partial charge in [0.2, 0.25) is 0 Å². The molecule has 0 aliphatic rings. The van der Waals surface area contributed by atoms with Crippen molar-refractivity contribution in [3.05, 3.63) is 29.8 Å². The second-order valence-electron chi connectivity index (χ2n) is 2.65. The molecule has 0 saturated heterocycles. The molecule has 0 aliphatic heterocycles. The first-order chi connectivity index (χ1) is 6.76. The van der Waals surface area contributed by atoms with Gasteiger partial charge < -0.3 is 9.47 Å². The van der Waals surface area contributed by atoms with Gasteiger partial charge >= 0.3 is 5.97 Å². The van der Waals surface area contributed by atoms with E-state index in [1.54, 1.807) is 6.07 Å². The van der Waals surface area contributed by atoms with Gasteiger partial charge in [-0.15, -0.1) is 0 Å². The quantitative estimate of drug-likeness (QED) is 0.613. The van der Waals surface area contributed by atoms with Gasteiger partial charge in [0.25, 0.3) is 0 Å². The van der Waals surface area contributed by atoms with Gasteiger partial charge in [0.05, 0.1) is 7.11 Å². The first kappa shape index (κ1) is 11.0. The minimum Gasteiger partial charge on any atom is -0.482 e. The fraction of sp³-hybridized carbons (Fsp3) is 0.300. The van der Waals surface area contributed by atoms with Crippen LogP contribution >= 0.6 is 15.9 Å². The minimum atomic E-state index is -0.380. The Kier molecular flexibility index (Phi) is 4.46. The van der Waals surface area contributed by atoms with Gasteiger partial charge in [0.15, 0.2) is 6.61 Å². The molecule has 0 aliphatic carbocycles. The van der Waals surface area contributed by atoms with Gasteiger partial charge in [-0.25, -0.2) is 4.79 Å². The fourth-order valence-corrected chi connectivity index (χ4v) is 1.27. The van der Waals surface area contributed by atoms with Crippen LogP contribution < -0.4 is 4.74 Å². The van der Waals surface area contributed by atoms with Crippen molar-refractivity contribution in [2.75, 3.05) is 13.7 Å². The molecule has 0 bridgehead atoms. The maximum Gasteiger partial charge on any atom is 0.343 e. The van der Waals surface area contributed by atoms with E-state index in [9.17, 15) is 4.79 Å². The minimum absolute atomic E-state index is 0.0533. The summed E-state index contributed by atoms with van der Waals surface area (Å²) in [4.78, 5) is 10.8. The van der Waals surface area contributed by atoms with Crippen molar-refractivity contribution >= 4 is 21.9 Å². The Labute approximate surface area is 91.1 Å². The van der Waals surface area contributed by atoms with Crippen LogP contribution in [0.2, 0.25) is 0 Å². The molecule has 4 heteroatoms. The number of alkyl halides is 1. The van der Waals surface area contributed by atoms with E-state index in [0.717, 1.165) is 10.9 Å². The van der Waals surface area contributed by atoms with Crippen molar-refractivity contribution in [1.82, 2.24) is 0 Å². The van der Waals surface area contributed by atoms with E-state index in [-0.39, 0.29) is 12.6 Å². The Morgan fingerprint density at radius 1 is 1.50 bits per heavy atom. The van der Waals surface area contributed by atoms with Crippen molar-refractivity contribution in [1.29, 1.82) is 0 Å². The second-order valence-corrected chi connectivity index (χ2v) is 3.21.